The number of nitrogens with zero attached hydrogens (tertiary/aromatic N) is 2. The summed E-state index contributed by atoms with van der Waals surface area (Å²) in [5, 5.41) is 12.8. The summed E-state index contributed by atoms with van der Waals surface area (Å²) in [5.41, 5.74) is 1.48. The fraction of sp³-hybridized carbons (Fsp3) is 0.308. The monoisotopic (exact) mass is 727 g/mol. The third-order valence-electron chi connectivity index (χ3n) is 9.22. The van der Waals surface area contributed by atoms with E-state index in [-0.39, 0.29) is 17.5 Å². The molecule has 12 nitrogen and oxygen atoms in total. The Kier molecular flexibility index (Phi) is 9.43. The van der Waals surface area contributed by atoms with E-state index in [2.05, 4.69) is 17.9 Å². The second-order valence-corrected chi connectivity index (χ2v) is 14.1. The molecule has 0 aromatic heterocycles. The van der Waals surface area contributed by atoms with Crippen LogP contribution in [0.5, 0.6) is 28.7 Å². The maximum absolute atomic E-state index is 13.7. The molecule has 2 aliphatic heterocycles. The Hall–Kier alpha value is -5.56. The number of carboxylic acid groups (broad SMARTS) is 1. The van der Waals surface area contributed by atoms with Gasteiger partial charge in [-0.2, -0.15) is 0 Å². The molecule has 0 saturated heterocycles. The van der Waals surface area contributed by atoms with Crippen LogP contribution in [0.15, 0.2) is 71.6 Å². The molecule has 272 valence electrons. The molecule has 2 N–H and O–H groups in total. The number of fused-ring (bicyclic) bond motifs is 6. The minimum atomic E-state index is -1.35. The number of ether oxygens (including phenoxy) is 5. The van der Waals surface area contributed by atoms with E-state index in [1.54, 1.807) is 38.1 Å². The van der Waals surface area contributed by atoms with Crippen molar-refractivity contribution in [2.45, 2.75) is 42.4 Å². The quantitative estimate of drug-likeness (QED) is 0.122. The average molecular weight is 728 g/mol. The molecule has 0 fully saturated rings. The van der Waals surface area contributed by atoms with Crippen molar-refractivity contribution in [2.75, 3.05) is 52.2 Å². The molecule has 1 amide bonds. The van der Waals surface area contributed by atoms with E-state index in [1.807, 2.05) is 74.4 Å². The van der Waals surface area contributed by atoms with Gasteiger partial charge in [-0.25, -0.2) is 9.59 Å². The summed E-state index contributed by atoms with van der Waals surface area (Å²) in [6.07, 6.45) is -0.102. The summed E-state index contributed by atoms with van der Waals surface area (Å²) < 4.78 is 29.7. The first-order valence-electron chi connectivity index (χ1n) is 16.5. The first-order valence-corrected chi connectivity index (χ1v) is 16.9. The molecule has 2 heterocycles. The van der Waals surface area contributed by atoms with Crippen LogP contribution in [0.2, 0.25) is 0 Å². The summed E-state index contributed by atoms with van der Waals surface area (Å²) >= 11 is 4.42. The fourth-order valence-electron chi connectivity index (χ4n) is 6.63. The number of carboxylic acids is 1. The van der Waals surface area contributed by atoms with Crippen LogP contribution < -0.4 is 34.1 Å². The smallest absolute Gasteiger partial charge is 0.340 e. The molecule has 1 unspecified atom stereocenters. The number of carbonyl (C=O) groups is 3. The van der Waals surface area contributed by atoms with E-state index in [4.69, 9.17) is 23.7 Å². The largest absolute Gasteiger partial charge is 0.495 e. The van der Waals surface area contributed by atoms with Crippen LogP contribution >= 0.6 is 12.6 Å². The molecule has 1 atom stereocenters. The molecule has 13 heteroatoms. The van der Waals surface area contributed by atoms with Crippen molar-refractivity contribution in [3.8, 4) is 28.7 Å². The Balaban J connectivity index is 1.31. The molecule has 1 spiro atoms. The van der Waals surface area contributed by atoms with Crippen LogP contribution in [0.25, 0.3) is 0 Å². The summed E-state index contributed by atoms with van der Waals surface area (Å²) in [6.45, 7) is 3.42. The van der Waals surface area contributed by atoms with Crippen molar-refractivity contribution < 1.29 is 43.2 Å². The van der Waals surface area contributed by atoms with Gasteiger partial charge in [-0.15, -0.1) is 12.6 Å². The van der Waals surface area contributed by atoms with Crippen LogP contribution in [0.4, 0.5) is 11.4 Å². The Labute approximate surface area is 307 Å². The number of hydrogen-bond donors (Lipinski definition) is 3. The zero-order chi connectivity index (χ0) is 37.7. The zero-order valence-electron chi connectivity index (χ0n) is 30.2. The van der Waals surface area contributed by atoms with Gasteiger partial charge in [0.15, 0.2) is 5.60 Å². The molecule has 0 aliphatic carbocycles. The number of anilines is 2. The third kappa shape index (κ3) is 6.40. The van der Waals surface area contributed by atoms with Crippen LogP contribution in [-0.4, -0.2) is 77.0 Å². The Morgan fingerprint density at radius 3 is 1.90 bits per heavy atom. The molecule has 2 aliphatic rings. The van der Waals surface area contributed by atoms with Crippen molar-refractivity contribution in [1.29, 1.82) is 0 Å². The van der Waals surface area contributed by atoms with E-state index in [0.29, 0.717) is 50.3 Å². The Morgan fingerprint density at radius 1 is 0.865 bits per heavy atom. The lowest BCUT2D eigenvalue weighted by Crippen LogP contribution is -2.46. The van der Waals surface area contributed by atoms with Crippen molar-refractivity contribution in [3.63, 3.8) is 0 Å². The highest BCUT2D eigenvalue weighted by atomic mass is 32.1. The molecule has 0 saturated carbocycles. The number of benzene rings is 4. The van der Waals surface area contributed by atoms with E-state index < -0.39 is 35.1 Å². The lowest BCUT2D eigenvalue weighted by molar-refractivity contribution is -0.140. The SMILES string of the molecule is COc1cc(OC(C)(C)CC(NC(=O)c2ccc3c(c2)C(=O)OC32c3ccc(N(C)C)cc3Oc3cc(N(C)C)ccc32)C(=O)O)cc(OC)c1S. The molecular formula is C39H41N3O9S. The Bertz CT molecular complexity index is 2010. The predicted molar refractivity (Wildman–Crippen MR) is 198 cm³/mol. The number of nitrogens with one attached hydrogen (secondary N) is 1. The number of thiol groups is 1. The number of aliphatic carboxylic acids is 1. The van der Waals surface area contributed by atoms with E-state index in [9.17, 15) is 19.5 Å². The van der Waals surface area contributed by atoms with Crippen LogP contribution in [0.1, 0.15) is 57.7 Å². The first kappa shape index (κ1) is 36.2. The average Bonchev–Trinajstić information content (AvgIpc) is 3.39. The molecule has 6 rings (SSSR count). The molecule has 4 aromatic carbocycles. The topological polar surface area (TPSA) is 136 Å². The normalized spacial score (nSPS) is 14.2. The highest BCUT2D eigenvalue weighted by Crippen LogP contribution is 2.57. The summed E-state index contributed by atoms with van der Waals surface area (Å²) in [7, 11) is 10.7. The van der Waals surface area contributed by atoms with Gasteiger partial charge in [0.25, 0.3) is 5.91 Å². The number of methoxy groups -OCH3 is 2. The van der Waals surface area contributed by atoms with Gasteiger partial charge < -0.3 is 43.9 Å². The molecule has 4 aromatic rings. The maximum Gasteiger partial charge on any atom is 0.340 e. The molecule has 52 heavy (non-hydrogen) atoms. The van der Waals surface area contributed by atoms with Gasteiger partial charge in [0, 0.05) is 92.5 Å². The third-order valence-corrected chi connectivity index (χ3v) is 9.66. The standard InChI is InChI=1S/C39H41N3O9S/c1-38(2,50-24-18-32(47-7)34(52)33(19-24)48-8)20-29(36(44)45)40-35(43)21-9-12-26-25(15-21)37(46)51-39(26)27-13-10-22(41(3)4)16-30(27)49-31-17-23(42(5)6)11-14-28(31)39/h9-19,29,52H,20H2,1-8H3,(H,40,43)(H,44,45). The van der Waals surface area contributed by atoms with Crippen LogP contribution in [0.3, 0.4) is 0 Å². The van der Waals surface area contributed by atoms with Crippen molar-refractivity contribution in [1.82, 2.24) is 5.32 Å². The highest BCUT2D eigenvalue weighted by molar-refractivity contribution is 7.80. The Morgan fingerprint density at radius 2 is 1.40 bits per heavy atom. The zero-order valence-corrected chi connectivity index (χ0v) is 31.1. The number of rotatable bonds is 11. The van der Waals surface area contributed by atoms with E-state index in [1.165, 1.54) is 20.3 Å². The molecular weight excluding hydrogens is 687 g/mol. The lowest BCUT2D eigenvalue weighted by Gasteiger charge is -2.37. The van der Waals surface area contributed by atoms with Gasteiger partial charge in [0.2, 0.25) is 0 Å². The summed E-state index contributed by atoms with van der Waals surface area (Å²) in [5.74, 6) is -0.300. The van der Waals surface area contributed by atoms with Crippen molar-refractivity contribution >= 4 is 41.8 Å². The maximum atomic E-state index is 13.7. The van der Waals surface area contributed by atoms with Crippen LogP contribution in [0, 0.1) is 0 Å². The van der Waals surface area contributed by atoms with Gasteiger partial charge in [0.05, 0.1) is 24.7 Å². The number of carbonyl (C=O) groups excluding carboxylic acids is 2. The van der Waals surface area contributed by atoms with E-state index >= 15 is 0 Å². The van der Waals surface area contributed by atoms with Crippen molar-refractivity contribution in [3.05, 3.63) is 94.5 Å². The predicted octanol–water partition coefficient (Wildman–Crippen LogP) is 6.12. The minimum absolute atomic E-state index is 0.0926. The lowest BCUT2D eigenvalue weighted by atomic mass is 9.77. The van der Waals surface area contributed by atoms with Crippen LogP contribution in [-0.2, 0) is 15.1 Å². The number of esters is 1. The molecule has 0 radical (unpaired) electrons. The first-order chi connectivity index (χ1) is 24.6. The van der Waals surface area contributed by atoms with Crippen molar-refractivity contribution in [2.24, 2.45) is 0 Å². The minimum Gasteiger partial charge on any atom is -0.495 e. The second kappa shape index (κ2) is 13.5. The van der Waals surface area contributed by atoms with Gasteiger partial charge in [0.1, 0.15) is 40.4 Å². The molecule has 0 bridgehead atoms. The van der Waals surface area contributed by atoms with Gasteiger partial charge >= 0.3 is 11.9 Å². The summed E-state index contributed by atoms with van der Waals surface area (Å²) in [6, 6.07) is 18.0. The fourth-order valence-corrected chi connectivity index (χ4v) is 6.94. The van der Waals surface area contributed by atoms with Gasteiger partial charge in [-0.05, 0) is 50.2 Å². The number of hydrogen-bond acceptors (Lipinski definition) is 11. The highest BCUT2D eigenvalue weighted by Gasteiger charge is 2.54. The van der Waals surface area contributed by atoms with E-state index in [0.717, 1.165) is 11.4 Å². The van der Waals surface area contributed by atoms with Gasteiger partial charge in [-0.1, -0.05) is 6.07 Å². The van der Waals surface area contributed by atoms with Gasteiger partial charge in [-0.3, -0.25) is 4.79 Å². The second-order valence-electron chi connectivity index (χ2n) is 13.7. The summed E-state index contributed by atoms with van der Waals surface area (Å²) in [4.78, 5) is 44.2. The number of amides is 1.